The molecule has 3 aromatic rings. The van der Waals surface area contributed by atoms with Gasteiger partial charge in [-0.2, -0.15) is 0 Å². The summed E-state index contributed by atoms with van der Waals surface area (Å²) in [6.45, 7) is 6.41. The van der Waals surface area contributed by atoms with E-state index in [-0.39, 0.29) is 23.6 Å². The predicted octanol–water partition coefficient (Wildman–Crippen LogP) is 2.21. The summed E-state index contributed by atoms with van der Waals surface area (Å²) in [5, 5.41) is 3.91. The van der Waals surface area contributed by atoms with Crippen LogP contribution in [-0.2, 0) is 17.6 Å². The number of hydrogen-bond acceptors (Lipinski definition) is 9. The summed E-state index contributed by atoms with van der Waals surface area (Å²) in [5.74, 6) is 1.94. The van der Waals surface area contributed by atoms with Crippen molar-refractivity contribution in [3.05, 3.63) is 40.3 Å². The standard InChI is InChI=1S/C25H31N7O2S/c1-13-7-8-34-25(13)12-32(11-19(25)26)20-6-3-15-9-16(4-5-18(15)31-20)30-23(33)22-21(27)17-10-28-14(2)29-24(17)35-22/h3,6,10,13,16,19H,4-5,7-9,11-12,26-27H2,1-2H3,(H,30,33). The summed E-state index contributed by atoms with van der Waals surface area (Å²) >= 11 is 1.32. The minimum Gasteiger partial charge on any atom is -0.397 e. The normalized spacial score (nSPS) is 28.1. The molecule has 9 nitrogen and oxygen atoms in total. The Morgan fingerprint density at radius 2 is 2.17 bits per heavy atom. The van der Waals surface area contributed by atoms with E-state index >= 15 is 0 Å². The van der Waals surface area contributed by atoms with Crippen LogP contribution in [0.25, 0.3) is 10.2 Å². The Morgan fingerprint density at radius 3 is 2.97 bits per heavy atom. The second-order valence-electron chi connectivity index (χ2n) is 10.1. The Labute approximate surface area is 208 Å². The molecule has 184 valence electrons. The van der Waals surface area contributed by atoms with Gasteiger partial charge in [-0.05, 0) is 50.2 Å². The van der Waals surface area contributed by atoms with E-state index in [2.05, 4.69) is 39.2 Å². The summed E-state index contributed by atoms with van der Waals surface area (Å²) in [6.07, 6.45) is 5.16. The molecule has 2 aliphatic heterocycles. The first-order valence-corrected chi connectivity index (χ1v) is 13.1. The van der Waals surface area contributed by atoms with Crippen molar-refractivity contribution in [3.63, 3.8) is 0 Å². The Kier molecular flexibility index (Phi) is 5.43. The predicted molar refractivity (Wildman–Crippen MR) is 137 cm³/mol. The molecule has 0 bridgehead atoms. The molecule has 2 fully saturated rings. The van der Waals surface area contributed by atoms with Crippen LogP contribution in [0.3, 0.4) is 0 Å². The van der Waals surface area contributed by atoms with Crippen LogP contribution in [0.1, 0.15) is 46.5 Å². The minimum absolute atomic E-state index is 0.00587. The lowest BCUT2D eigenvalue weighted by molar-refractivity contribution is -0.0109. The van der Waals surface area contributed by atoms with E-state index in [0.717, 1.165) is 67.1 Å². The lowest BCUT2D eigenvalue weighted by atomic mass is 9.85. The lowest BCUT2D eigenvalue weighted by Gasteiger charge is -2.31. The fourth-order valence-electron chi connectivity index (χ4n) is 5.84. The zero-order valence-corrected chi connectivity index (χ0v) is 20.9. The molecule has 0 saturated carbocycles. The number of thiophene rings is 1. The number of pyridine rings is 1. The molecular weight excluding hydrogens is 462 g/mol. The highest BCUT2D eigenvalue weighted by Gasteiger charge is 2.52. The van der Waals surface area contributed by atoms with E-state index in [1.807, 2.05) is 6.92 Å². The van der Waals surface area contributed by atoms with Gasteiger partial charge >= 0.3 is 0 Å². The molecule has 4 atom stereocenters. The summed E-state index contributed by atoms with van der Waals surface area (Å²) in [7, 11) is 0. The van der Waals surface area contributed by atoms with Gasteiger partial charge in [-0.15, -0.1) is 11.3 Å². The average Bonchev–Trinajstić information content (AvgIpc) is 3.49. The first-order valence-electron chi connectivity index (χ1n) is 12.3. The molecular formula is C25H31N7O2S. The number of fused-ring (bicyclic) bond motifs is 2. The third kappa shape index (κ3) is 3.75. The number of hydrogen-bond donors (Lipinski definition) is 3. The molecule has 0 aromatic carbocycles. The van der Waals surface area contributed by atoms with Crippen LogP contribution >= 0.6 is 11.3 Å². The number of nitrogens with zero attached hydrogens (tertiary/aromatic N) is 4. The van der Waals surface area contributed by atoms with Gasteiger partial charge in [0.2, 0.25) is 0 Å². The third-order valence-electron chi connectivity index (χ3n) is 7.96. The highest BCUT2D eigenvalue weighted by Crippen LogP contribution is 2.40. The molecule has 35 heavy (non-hydrogen) atoms. The largest absolute Gasteiger partial charge is 0.397 e. The Bertz CT molecular complexity index is 1310. The van der Waals surface area contributed by atoms with Crippen molar-refractivity contribution in [2.45, 2.75) is 57.2 Å². The van der Waals surface area contributed by atoms with Gasteiger partial charge in [0.25, 0.3) is 5.91 Å². The summed E-state index contributed by atoms with van der Waals surface area (Å²) in [6, 6.07) is 4.27. The van der Waals surface area contributed by atoms with Gasteiger partial charge in [0.05, 0.1) is 23.7 Å². The maximum absolute atomic E-state index is 13.0. The van der Waals surface area contributed by atoms with E-state index in [4.69, 9.17) is 21.2 Å². The quantitative estimate of drug-likeness (QED) is 0.506. The van der Waals surface area contributed by atoms with Crippen molar-refractivity contribution < 1.29 is 9.53 Å². The van der Waals surface area contributed by atoms with Crippen molar-refractivity contribution in [1.82, 2.24) is 20.3 Å². The van der Waals surface area contributed by atoms with Crippen LogP contribution in [0.15, 0.2) is 18.3 Å². The maximum atomic E-state index is 13.0. The number of aromatic nitrogens is 3. The van der Waals surface area contributed by atoms with E-state index in [1.54, 1.807) is 6.20 Å². The molecule has 1 amide bonds. The third-order valence-corrected chi connectivity index (χ3v) is 9.08. The van der Waals surface area contributed by atoms with Gasteiger partial charge in [0, 0.05) is 31.1 Å². The SMILES string of the molecule is Cc1ncc2c(N)c(C(=O)NC3CCc4nc(N5CC(N)C6(C5)OCCC6C)ccc4C3)sc2n1. The lowest BCUT2D eigenvalue weighted by Crippen LogP contribution is -2.50. The number of carbonyl (C=O) groups is 1. The Morgan fingerprint density at radius 1 is 1.31 bits per heavy atom. The van der Waals surface area contributed by atoms with E-state index < -0.39 is 0 Å². The smallest absolute Gasteiger partial charge is 0.263 e. The van der Waals surface area contributed by atoms with Crippen molar-refractivity contribution in [2.75, 3.05) is 30.3 Å². The molecule has 10 heteroatoms. The second kappa shape index (κ2) is 8.39. The van der Waals surface area contributed by atoms with Gasteiger partial charge in [-0.1, -0.05) is 13.0 Å². The van der Waals surface area contributed by atoms with Crippen LogP contribution < -0.4 is 21.7 Å². The van der Waals surface area contributed by atoms with Crippen LogP contribution in [-0.4, -0.2) is 58.2 Å². The maximum Gasteiger partial charge on any atom is 0.263 e. The number of nitrogens with one attached hydrogen (secondary N) is 1. The fraction of sp³-hybridized carbons (Fsp3) is 0.520. The first kappa shape index (κ1) is 22.6. The summed E-state index contributed by atoms with van der Waals surface area (Å²) in [5.41, 5.74) is 15.3. The number of nitrogens with two attached hydrogens (primary N) is 2. The number of carbonyl (C=O) groups excluding carboxylic acids is 1. The molecule has 6 rings (SSSR count). The van der Waals surface area contributed by atoms with E-state index in [9.17, 15) is 4.79 Å². The van der Waals surface area contributed by atoms with Crippen LogP contribution in [0.5, 0.6) is 0 Å². The molecule has 4 unspecified atom stereocenters. The summed E-state index contributed by atoms with van der Waals surface area (Å²) in [4.78, 5) is 30.2. The zero-order valence-electron chi connectivity index (χ0n) is 20.1. The first-order chi connectivity index (χ1) is 16.8. The second-order valence-corrected chi connectivity index (χ2v) is 11.1. The number of anilines is 2. The fourth-order valence-corrected chi connectivity index (χ4v) is 6.85. The van der Waals surface area contributed by atoms with Gasteiger partial charge in [-0.25, -0.2) is 15.0 Å². The van der Waals surface area contributed by atoms with Crippen molar-refractivity contribution in [2.24, 2.45) is 11.7 Å². The highest BCUT2D eigenvalue weighted by molar-refractivity contribution is 7.21. The zero-order chi connectivity index (χ0) is 24.3. The molecule has 1 aliphatic carbocycles. The molecule has 0 radical (unpaired) electrons. The van der Waals surface area contributed by atoms with Gasteiger partial charge in [0.15, 0.2) is 0 Å². The van der Waals surface area contributed by atoms with Crippen LogP contribution in [0, 0.1) is 12.8 Å². The van der Waals surface area contributed by atoms with Crippen molar-refractivity contribution in [3.8, 4) is 0 Å². The Hall–Kier alpha value is -2.82. The highest BCUT2D eigenvalue weighted by atomic mass is 32.1. The monoisotopic (exact) mass is 493 g/mol. The molecule has 1 spiro atoms. The van der Waals surface area contributed by atoms with E-state index in [1.165, 1.54) is 16.9 Å². The molecule has 2 saturated heterocycles. The van der Waals surface area contributed by atoms with Crippen molar-refractivity contribution in [1.29, 1.82) is 0 Å². The number of rotatable bonds is 3. The van der Waals surface area contributed by atoms with Crippen LogP contribution in [0.2, 0.25) is 0 Å². The van der Waals surface area contributed by atoms with Crippen molar-refractivity contribution >= 4 is 39.0 Å². The average molecular weight is 494 g/mol. The number of aryl methyl sites for hydroxylation is 2. The Balaban J connectivity index is 1.15. The summed E-state index contributed by atoms with van der Waals surface area (Å²) < 4.78 is 6.16. The molecule has 5 heterocycles. The number of ether oxygens (including phenoxy) is 1. The minimum atomic E-state index is -0.258. The van der Waals surface area contributed by atoms with Crippen LogP contribution in [0.4, 0.5) is 11.5 Å². The van der Waals surface area contributed by atoms with Gasteiger partial charge in [-0.3, -0.25) is 4.79 Å². The van der Waals surface area contributed by atoms with Gasteiger partial charge in [0.1, 0.15) is 27.0 Å². The topological polar surface area (TPSA) is 132 Å². The number of amides is 1. The molecule has 3 aliphatic rings. The molecule has 3 aromatic heterocycles. The molecule has 5 N–H and O–H groups in total. The van der Waals surface area contributed by atoms with Gasteiger partial charge < -0.3 is 26.4 Å². The number of nitrogen functional groups attached to an aromatic ring is 1. The van der Waals surface area contributed by atoms with E-state index in [0.29, 0.717) is 22.3 Å².